The molecule has 0 radical (unpaired) electrons. The van der Waals surface area contributed by atoms with Crippen molar-refractivity contribution < 1.29 is 4.79 Å². The zero-order valence-corrected chi connectivity index (χ0v) is 13.5. The molecule has 1 saturated heterocycles. The smallest absolute Gasteiger partial charge is 0.264 e. The summed E-state index contributed by atoms with van der Waals surface area (Å²) in [6.45, 7) is 0. The van der Waals surface area contributed by atoms with Crippen molar-refractivity contribution in [3.8, 4) is 0 Å². The molecule has 1 fully saturated rings. The van der Waals surface area contributed by atoms with E-state index in [0.717, 1.165) is 16.6 Å². The molecule has 0 aliphatic carbocycles. The van der Waals surface area contributed by atoms with Crippen LogP contribution in [-0.2, 0) is 4.79 Å². The van der Waals surface area contributed by atoms with E-state index < -0.39 is 0 Å². The number of aliphatic imine (C=N–C) groups is 1. The number of fused-ring (bicyclic) bond motifs is 1. The number of amidine groups is 1. The lowest BCUT2D eigenvalue weighted by Gasteiger charge is -2.00. The summed E-state index contributed by atoms with van der Waals surface area (Å²) < 4.78 is 0. The molecule has 0 saturated carbocycles. The molecule has 4 nitrogen and oxygen atoms in total. The lowest BCUT2D eigenvalue weighted by atomic mass is 10.1. The molecule has 4 rings (SSSR count). The summed E-state index contributed by atoms with van der Waals surface area (Å²) in [7, 11) is 0. The minimum Gasteiger partial charge on any atom is -0.300 e. The fourth-order valence-corrected chi connectivity index (χ4v) is 3.30. The molecule has 1 N–H and O–H groups in total. The van der Waals surface area contributed by atoms with Gasteiger partial charge in [-0.3, -0.25) is 9.78 Å². The van der Waals surface area contributed by atoms with Crippen LogP contribution >= 0.6 is 11.8 Å². The van der Waals surface area contributed by atoms with Crippen molar-refractivity contribution in [3.05, 3.63) is 77.5 Å². The van der Waals surface area contributed by atoms with Gasteiger partial charge in [-0.05, 0) is 52.4 Å². The zero-order chi connectivity index (χ0) is 16.4. The zero-order valence-electron chi connectivity index (χ0n) is 12.6. The van der Waals surface area contributed by atoms with Crippen LogP contribution in [0.2, 0.25) is 0 Å². The maximum absolute atomic E-state index is 12.1. The number of pyridine rings is 1. The molecule has 1 aromatic heterocycles. The first-order valence-electron chi connectivity index (χ1n) is 7.46. The fraction of sp³-hybridized carbons (Fsp3) is 0. The van der Waals surface area contributed by atoms with Gasteiger partial charge < -0.3 is 5.32 Å². The first kappa shape index (κ1) is 14.7. The Labute approximate surface area is 143 Å². The number of nitrogens with zero attached hydrogens (tertiary/aromatic N) is 2. The van der Waals surface area contributed by atoms with Gasteiger partial charge in [0.2, 0.25) is 0 Å². The van der Waals surface area contributed by atoms with E-state index in [2.05, 4.69) is 21.4 Å². The van der Waals surface area contributed by atoms with E-state index in [4.69, 9.17) is 0 Å². The molecule has 0 atom stereocenters. The number of hydrogen-bond acceptors (Lipinski definition) is 4. The second kappa shape index (κ2) is 6.29. The van der Waals surface area contributed by atoms with Gasteiger partial charge in [0.1, 0.15) is 0 Å². The van der Waals surface area contributed by atoms with E-state index in [1.165, 1.54) is 17.1 Å². The van der Waals surface area contributed by atoms with Crippen LogP contribution < -0.4 is 5.32 Å². The van der Waals surface area contributed by atoms with E-state index in [1.807, 2.05) is 54.6 Å². The normalized spacial score (nSPS) is 17.6. The summed E-state index contributed by atoms with van der Waals surface area (Å²) in [4.78, 5) is 21.3. The van der Waals surface area contributed by atoms with Gasteiger partial charge in [-0.2, -0.15) is 0 Å². The second-order valence-corrected chi connectivity index (χ2v) is 6.33. The van der Waals surface area contributed by atoms with Gasteiger partial charge in [-0.15, -0.1) is 0 Å². The summed E-state index contributed by atoms with van der Waals surface area (Å²) in [5.41, 5.74) is 1.71. The number of aromatic nitrogens is 1. The maximum Gasteiger partial charge on any atom is 0.264 e. The van der Waals surface area contributed by atoms with Gasteiger partial charge >= 0.3 is 0 Å². The molecule has 1 aliphatic rings. The van der Waals surface area contributed by atoms with Crippen LogP contribution in [0.4, 0.5) is 5.69 Å². The molecule has 1 amide bonds. The topological polar surface area (TPSA) is 54.4 Å². The third kappa shape index (κ3) is 3.07. The maximum atomic E-state index is 12.1. The molecular formula is C19H13N3OS. The summed E-state index contributed by atoms with van der Waals surface area (Å²) in [5, 5.41) is 5.69. The number of thioether (sulfide) groups is 1. The number of benzene rings is 2. The third-order valence-corrected chi connectivity index (χ3v) is 4.51. The summed E-state index contributed by atoms with van der Waals surface area (Å²) in [6, 6.07) is 17.9. The Hall–Kier alpha value is -2.92. The monoisotopic (exact) mass is 331 g/mol. The lowest BCUT2D eigenvalue weighted by Crippen LogP contribution is -2.19. The molecule has 0 bridgehead atoms. The van der Waals surface area contributed by atoms with Crippen LogP contribution in [0.15, 0.2) is 76.9 Å². The number of amides is 1. The number of nitrogens with one attached hydrogen (secondary N) is 1. The Morgan fingerprint density at radius 1 is 1.04 bits per heavy atom. The highest BCUT2D eigenvalue weighted by Crippen LogP contribution is 2.29. The molecular weight excluding hydrogens is 318 g/mol. The van der Waals surface area contributed by atoms with Crippen LogP contribution in [0.3, 0.4) is 0 Å². The van der Waals surface area contributed by atoms with Gasteiger partial charge in [0.05, 0.1) is 10.6 Å². The lowest BCUT2D eigenvalue weighted by molar-refractivity contribution is -0.115. The first-order valence-corrected chi connectivity index (χ1v) is 8.28. The van der Waals surface area contributed by atoms with Crippen LogP contribution in [0.1, 0.15) is 5.56 Å². The SMILES string of the molecule is O=C1NC(=Nc2ccc3ccccc3c2)SC1=Cc1cccnc1. The average Bonchev–Trinajstić information content (AvgIpc) is 2.95. The van der Waals surface area contributed by atoms with Crippen molar-refractivity contribution in [2.24, 2.45) is 4.99 Å². The van der Waals surface area contributed by atoms with Crippen molar-refractivity contribution in [1.29, 1.82) is 0 Å². The predicted octanol–water partition coefficient (Wildman–Crippen LogP) is 4.13. The number of carbonyl (C=O) groups is 1. The van der Waals surface area contributed by atoms with Crippen molar-refractivity contribution in [1.82, 2.24) is 10.3 Å². The van der Waals surface area contributed by atoms with Crippen molar-refractivity contribution in [3.63, 3.8) is 0 Å². The van der Waals surface area contributed by atoms with E-state index in [-0.39, 0.29) is 5.91 Å². The summed E-state index contributed by atoms with van der Waals surface area (Å²) in [6.07, 6.45) is 5.24. The van der Waals surface area contributed by atoms with E-state index in [1.54, 1.807) is 12.4 Å². The Morgan fingerprint density at radius 2 is 1.92 bits per heavy atom. The van der Waals surface area contributed by atoms with Crippen LogP contribution in [0.25, 0.3) is 16.8 Å². The molecule has 5 heteroatoms. The standard InChI is InChI=1S/C19H13N3OS/c23-18-17(10-13-4-3-9-20-12-13)24-19(22-18)21-16-8-7-14-5-1-2-6-15(14)11-16/h1-12H,(H,21,22,23). The summed E-state index contributed by atoms with van der Waals surface area (Å²) in [5.74, 6) is -0.136. The highest BCUT2D eigenvalue weighted by atomic mass is 32.2. The molecule has 0 spiro atoms. The fourth-order valence-electron chi connectivity index (χ4n) is 2.46. The first-order chi connectivity index (χ1) is 11.8. The van der Waals surface area contributed by atoms with Gasteiger partial charge in [-0.25, -0.2) is 4.99 Å². The van der Waals surface area contributed by atoms with Gasteiger partial charge in [0.25, 0.3) is 5.91 Å². The van der Waals surface area contributed by atoms with Crippen LogP contribution in [0.5, 0.6) is 0 Å². The largest absolute Gasteiger partial charge is 0.300 e. The highest BCUT2D eigenvalue weighted by molar-refractivity contribution is 8.18. The van der Waals surface area contributed by atoms with Crippen molar-refractivity contribution in [2.45, 2.75) is 0 Å². The quantitative estimate of drug-likeness (QED) is 0.719. The van der Waals surface area contributed by atoms with E-state index >= 15 is 0 Å². The minimum absolute atomic E-state index is 0.136. The van der Waals surface area contributed by atoms with Crippen molar-refractivity contribution in [2.75, 3.05) is 0 Å². The Bertz CT molecular complexity index is 980. The minimum atomic E-state index is -0.136. The predicted molar refractivity (Wildman–Crippen MR) is 99.0 cm³/mol. The Morgan fingerprint density at radius 3 is 2.75 bits per heavy atom. The molecule has 3 aromatic rings. The Balaban J connectivity index is 1.61. The molecule has 0 unspecified atom stereocenters. The van der Waals surface area contributed by atoms with Crippen molar-refractivity contribution >= 4 is 45.4 Å². The molecule has 2 heterocycles. The van der Waals surface area contributed by atoms with Crippen LogP contribution in [0, 0.1) is 0 Å². The number of carbonyl (C=O) groups excluding carboxylic acids is 1. The van der Waals surface area contributed by atoms with E-state index in [0.29, 0.717) is 10.1 Å². The molecule has 1 aliphatic heterocycles. The molecule has 2 aromatic carbocycles. The highest BCUT2D eigenvalue weighted by Gasteiger charge is 2.23. The van der Waals surface area contributed by atoms with Gasteiger partial charge in [-0.1, -0.05) is 36.4 Å². The molecule has 24 heavy (non-hydrogen) atoms. The Kier molecular flexibility index (Phi) is 3.84. The summed E-state index contributed by atoms with van der Waals surface area (Å²) >= 11 is 1.34. The average molecular weight is 331 g/mol. The third-order valence-electron chi connectivity index (χ3n) is 3.60. The van der Waals surface area contributed by atoms with E-state index in [9.17, 15) is 4.79 Å². The molecule has 116 valence electrons. The van der Waals surface area contributed by atoms with Gasteiger partial charge in [0.15, 0.2) is 5.17 Å². The second-order valence-electron chi connectivity index (χ2n) is 5.30. The van der Waals surface area contributed by atoms with Crippen LogP contribution in [-0.4, -0.2) is 16.1 Å². The number of rotatable bonds is 2. The van der Waals surface area contributed by atoms with Gasteiger partial charge in [0, 0.05) is 12.4 Å². The number of hydrogen-bond donors (Lipinski definition) is 1.